The van der Waals surface area contributed by atoms with Crippen molar-refractivity contribution in [3.05, 3.63) is 68.1 Å². The number of pyridine rings is 1. The van der Waals surface area contributed by atoms with Gasteiger partial charge in [0, 0.05) is 37.0 Å². The summed E-state index contributed by atoms with van der Waals surface area (Å²) in [7, 11) is 0. The molecule has 0 bridgehead atoms. The van der Waals surface area contributed by atoms with Crippen LogP contribution in [0.25, 0.3) is 5.65 Å². The lowest BCUT2D eigenvalue weighted by Gasteiger charge is -2.07. The van der Waals surface area contributed by atoms with E-state index in [-0.39, 0.29) is 17.0 Å². The third-order valence-corrected chi connectivity index (χ3v) is 4.39. The average Bonchev–Trinajstić information content (AvgIpc) is 3.05. The first-order valence-electron chi connectivity index (χ1n) is 8.41. The molecule has 8 nitrogen and oxygen atoms in total. The van der Waals surface area contributed by atoms with E-state index in [2.05, 4.69) is 10.3 Å². The largest absolute Gasteiger partial charge is 0.487 e. The normalized spacial score (nSPS) is 10.8. The van der Waals surface area contributed by atoms with Gasteiger partial charge in [-0.05, 0) is 25.1 Å². The minimum atomic E-state index is -0.576. The molecule has 146 valence electrons. The molecule has 0 atom stereocenters. The number of ether oxygens (including phenoxy) is 1. The highest BCUT2D eigenvalue weighted by atomic mass is 35.5. The van der Waals surface area contributed by atoms with E-state index in [4.69, 9.17) is 27.9 Å². The topological polar surface area (TPSA) is 98.8 Å². The van der Waals surface area contributed by atoms with Gasteiger partial charge in [0.25, 0.3) is 5.91 Å². The molecule has 28 heavy (non-hydrogen) atoms. The fourth-order valence-corrected chi connectivity index (χ4v) is 3.21. The van der Waals surface area contributed by atoms with Crippen LogP contribution in [0.4, 0.5) is 5.69 Å². The van der Waals surface area contributed by atoms with Crippen LogP contribution in [0.15, 0.2) is 36.7 Å². The van der Waals surface area contributed by atoms with Crippen LogP contribution in [0.1, 0.15) is 23.0 Å². The van der Waals surface area contributed by atoms with E-state index in [1.54, 1.807) is 29.8 Å². The van der Waals surface area contributed by atoms with E-state index in [1.165, 1.54) is 18.2 Å². The first-order valence-corrected chi connectivity index (χ1v) is 9.16. The highest BCUT2D eigenvalue weighted by Crippen LogP contribution is 2.28. The number of nitrogens with zero attached hydrogens (tertiary/aromatic N) is 3. The van der Waals surface area contributed by atoms with Crippen LogP contribution in [-0.2, 0) is 6.42 Å². The van der Waals surface area contributed by atoms with Gasteiger partial charge in [-0.15, -0.1) is 0 Å². The van der Waals surface area contributed by atoms with Gasteiger partial charge in [0.2, 0.25) is 0 Å². The molecule has 0 radical (unpaired) electrons. The van der Waals surface area contributed by atoms with Crippen molar-refractivity contribution in [2.45, 2.75) is 13.3 Å². The second kappa shape index (κ2) is 8.45. The first-order chi connectivity index (χ1) is 13.4. The summed E-state index contributed by atoms with van der Waals surface area (Å²) in [6.45, 7) is 2.32. The van der Waals surface area contributed by atoms with Crippen LogP contribution >= 0.6 is 23.2 Å². The van der Waals surface area contributed by atoms with E-state index in [1.807, 2.05) is 0 Å². The maximum atomic E-state index is 12.3. The second-order valence-corrected chi connectivity index (χ2v) is 6.69. The number of nitro benzene ring substituents is 1. The Kier molecular flexibility index (Phi) is 6.01. The number of fused-ring (bicyclic) bond motifs is 1. The molecule has 2 heterocycles. The Labute approximate surface area is 170 Å². The Morgan fingerprint density at radius 3 is 2.82 bits per heavy atom. The Morgan fingerprint density at radius 2 is 2.11 bits per heavy atom. The molecular formula is C18H16Cl2N4O4. The van der Waals surface area contributed by atoms with Gasteiger partial charge >= 0.3 is 5.69 Å². The van der Waals surface area contributed by atoms with Crippen molar-refractivity contribution in [1.29, 1.82) is 0 Å². The Hall–Kier alpha value is -2.84. The highest BCUT2D eigenvalue weighted by Gasteiger charge is 2.18. The fourth-order valence-electron chi connectivity index (χ4n) is 2.68. The van der Waals surface area contributed by atoms with Crippen molar-refractivity contribution in [1.82, 2.24) is 14.7 Å². The van der Waals surface area contributed by atoms with Gasteiger partial charge in [-0.3, -0.25) is 14.9 Å². The van der Waals surface area contributed by atoms with E-state index >= 15 is 0 Å². The van der Waals surface area contributed by atoms with Crippen molar-refractivity contribution in [3.63, 3.8) is 0 Å². The quantitative estimate of drug-likeness (QED) is 0.459. The number of benzene rings is 1. The lowest BCUT2D eigenvalue weighted by Crippen LogP contribution is -2.25. The standard InChI is InChI=1S/C18H16Cl2N4O4/c1-2-28-16-4-3-11(7-15(16)24(26)27)18(25)21-6-5-13-10-23-9-12(19)8-14(20)17(23)22-13/h3-4,7-10H,2,5-6H2,1H3,(H,21,25). The Balaban J connectivity index is 1.66. The zero-order valence-electron chi connectivity index (χ0n) is 14.8. The number of nitro groups is 1. The van der Waals surface area contributed by atoms with Gasteiger partial charge in [0.15, 0.2) is 11.4 Å². The molecule has 1 amide bonds. The summed E-state index contributed by atoms with van der Waals surface area (Å²) in [6, 6.07) is 5.72. The number of rotatable bonds is 7. The Morgan fingerprint density at radius 1 is 1.32 bits per heavy atom. The number of halogens is 2. The van der Waals surface area contributed by atoms with Crippen molar-refractivity contribution in [2.24, 2.45) is 0 Å². The average molecular weight is 423 g/mol. The molecule has 0 saturated carbocycles. The third kappa shape index (κ3) is 4.35. The van der Waals surface area contributed by atoms with Gasteiger partial charge in [-0.2, -0.15) is 0 Å². The van der Waals surface area contributed by atoms with Crippen LogP contribution in [0.2, 0.25) is 10.0 Å². The summed E-state index contributed by atoms with van der Waals surface area (Å²) >= 11 is 12.1. The van der Waals surface area contributed by atoms with Crippen LogP contribution in [-0.4, -0.2) is 33.4 Å². The number of hydrogen-bond donors (Lipinski definition) is 1. The van der Waals surface area contributed by atoms with Crippen LogP contribution < -0.4 is 10.1 Å². The van der Waals surface area contributed by atoms with E-state index in [0.29, 0.717) is 35.3 Å². The molecule has 10 heteroatoms. The van der Waals surface area contributed by atoms with Crippen LogP contribution in [0, 0.1) is 10.1 Å². The van der Waals surface area contributed by atoms with Crippen LogP contribution in [0.5, 0.6) is 5.75 Å². The molecule has 0 aliphatic rings. The van der Waals surface area contributed by atoms with Crippen molar-refractivity contribution < 1.29 is 14.5 Å². The molecule has 1 aromatic carbocycles. The molecule has 2 aromatic heterocycles. The monoisotopic (exact) mass is 422 g/mol. The zero-order valence-corrected chi connectivity index (χ0v) is 16.3. The van der Waals surface area contributed by atoms with E-state index in [9.17, 15) is 14.9 Å². The molecule has 1 N–H and O–H groups in total. The van der Waals surface area contributed by atoms with Gasteiger partial charge in [-0.25, -0.2) is 4.98 Å². The molecule has 0 fully saturated rings. The molecule has 0 saturated heterocycles. The zero-order chi connectivity index (χ0) is 20.3. The summed E-state index contributed by atoms with van der Waals surface area (Å²) in [5, 5.41) is 14.8. The van der Waals surface area contributed by atoms with Crippen molar-refractivity contribution in [3.8, 4) is 5.75 Å². The number of hydrogen-bond acceptors (Lipinski definition) is 5. The maximum absolute atomic E-state index is 12.3. The molecule has 0 aliphatic heterocycles. The van der Waals surface area contributed by atoms with Gasteiger partial charge in [-0.1, -0.05) is 23.2 Å². The van der Waals surface area contributed by atoms with Crippen molar-refractivity contribution >= 4 is 40.4 Å². The summed E-state index contributed by atoms with van der Waals surface area (Å²) in [5.74, 6) is -0.291. The molecule has 0 spiro atoms. The van der Waals surface area contributed by atoms with Gasteiger partial charge < -0.3 is 14.5 Å². The molecule has 0 aliphatic carbocycles. The van der Waals surface area contributed by atoms with E-state index in [0.717, 1.165) is 5.69 Å². The molecular weight excluding hydrogens is 407 g/mol. The number of amides is 1. The number of nitrogens with one attached hydrogen (secondary N) is 1. The fraction of sp³-hybridized carbons (Fsp3) is 0.222. The summed E-state index contributed by atoms with van der Waals surface area (Å²) in [4.78, 5) is 27.3. The first kappa shape index (κ1) is 19.9. The molecule has 0 unspecified atom stereocenters. The van der Waals surface area contributed by atoms with Gasteiger partial charge in [0.1, 0.15) is 0 Å². The predicted molar refractivity (Wildman–Crippen MR) is 106 cm³/mol. The summed E-state index contributed by atoms with van der Waals surface area (Å²) in [5.41, 5.74) is 1.23. The van der Waals surface area contributed by atoms with Crippen LogP contribution in [0.3, 0.4) is 0 Å². The summed E-state index contributed by atoms with van der Waals surface area (Å²) in [6.07, 6.45) is 3.93. The SMILES string of the molecule is CCOc1ccc(C(=O)NCCc2cn3cc(Cl)cc(Cl)c3n2)cc1[N+](=O)[O-]. The number of carbonyl (C=O) groups is 1. The summed E-state index contributed by atoms with van der Waals surface area (Å²) < 4.78 is 6.93. The number of carbonyl (C=O) groups excluding carboxylic acids is 1. The van der Waals surface area contributed by atoms with Crippen molar-refractivity contribution in [2.75, 3.05) is 13.2 Å². The lowest BCUT2D eigenvalue weighted by atomic mass is 10.1. The Bertz CT molecular complexity index is 1050. The predicted octanol–water partition coefficient (Wildman–Crippen LogP) is 3.92. The van der Waals surface area contributed by atoms with E-state index < -0.39 is 10.8 Å². The third-order valence-electron chi connectivity index (χ3n) is 3.91. The minimum absolute atomic E-state index is 0.129. The molecule has 3 rings (SSSR count). The smallest absolute Gasteiger partial charge is 0.311 e. The second-order valence-electron chi connectivity index (χ2n) is 5.85. The number of aromatic nitrogens is 2. The van der Waals surface area contributed by atoms with Gasteiger partial charge in [0.05, 0.1) is 27.3 Å². The lowest BCUT2D eigenvalue weighted by molar-refractivity contribution is -0.385. The molecule has 3 aromatic rings. The highest BCUT2D eigenvalue weighted by molar-refractivity contribution is 6.36. The number of imidazole rings is 1. The minimum Gasteiger partial charge on any atom is -0.487 e. The maximum Gasteiger partial charge on any atom is 0.311 e.